The van der Waals surface area contributed by atoms with Crippen molar-refractivity contribution in [3.05, 3.63) is 40.7 Å². The number of likely N-dealkylation sites (tertiary alicyclic amines) is 1. The molecular formula is C22H29N5O3. The predicted molar refractivity (Wildman–Crippen MR) is 114 cm³/mol. The molecule has 2 aliphatic rings. The third-order valence-electron chi connectivity index (χ3n) is 6.29. The average molecular weight is 412 g/mol. The van der Waals surface area contributed by atoms with Crippen LogP contribution in [-0.4, -0.2) is 81.6 Å². The first-order chi connectivity index (χ1) is 14.5. The van der Waals surface area contributed by atoms with Crippen molar-refractivity contribution in [3.63, 3.8) is 0 Å². The van der Waals surface area contributed by atoms with E-state index in [1.807, 2.05) is 34.9 Å². The van der Waals surface area contributed by atoms with E-state index in [2.05, 4.69) is 10.00 Å². The summed E-state index contributed by atoms with van der Waals surface area (Å²) in [4.78, 5) is 43.6. The molecule has 0 N–H and O–H groups in total. The van der Waals surface area contributed by atoms with Gasteiger partial charge in [0.25, 0.3) is 0 Å². The van der Waals surface area contributed by atoms with Crippen molar-refractivity contribution >= 4 is 22.7 Å². The number of carbonyl (C=O) groups excluding carboxylic acids is 2. The molecular weight excluding hydrogens is 382 g/mol. The number of piperazine rings is 1. The largest absolute Gasteiger partial charge is 0.341 e. The minimum atomic E-state index is -0.148. The summed E-state index contributed by atoms with van der Waals surface area (Å²) in [5, 5.41) is 4.72. The smallest absolute Gasteiger partial charge is 0.244 e. The van der Waals surface area contributed by atoms with Gasteiger partial charge in [0.1, 0.15) is 6.54 Å². The van der Waals surface area contributed by atoms with Crippen molar-refractivity contribution in [2.24, 2.45) is 0 Å². The number of nitrogens with zero attached hydrogens (tertiary/aromatic N) is 5. The second-order valence-electron chi connectivity index (χ2n) is 8.16. The molecule has 0 saturated carbocycles. The summed E-state index contributed by atoms with van der Waals surface area (Å²) in [6, 6.07) is 7.05. The average Bonchev–Trinajstić information content (AvgIpc) is 2.80. The van der Waals surface area contributed by atoms with Gasteiger partial charge in [-0.2, -0.15) is 5.10 Å². The molecule has 3 heterocycles. The second-order valence-corrected chi connectivity index (χ2v) is 8.16. The number of hydrogen-bond donors (Lipinski definition) is 0. The monoisotopic (exact) mass is 411 g/mol. The third kappa shape index (κ3) is 4.23. The first kappa shape index (κ1) is 20.5. The molecule has 0 radical (unpaired) electrons. The van der Waals surface area contributed by atoms with Gasteiger partial charge < -0.3 is 9.80 Å². The summed E-state index contributed by atoms with van der Waals surface area (Å²) in [5.41, 5.74) is 0.521. The molecule has 1 unspecified atom stereocenters. The highest BCUT2D eigenvalue weighted by atomic mass is 16.2. The highest BCUT2D eigenvalue weighted by Crippen LogP contribution is 2.15. The van der Waals surface area contributed by atoms with Gasteiger partial charge >= 0.3 is 0 Å². The van der Waals surface area contributed by atoms with E-state index in [-0.39, 0.29) is 29.8 Å². The molecule has 8 heteroatoms. The Labute approximate surface area is 176 Å². The quantitative estimate of drug-likeness (QED) is 0.748. The number of fused-ring (bicyclic) bond motifs is 1. The molecule has 1 aromatic heterocycles. The maximum atomic E-state index is 12.8. The van der Waals surface area contributed by atoms with Crippen LogP contribution < -0.4 is 5.43 Å². The summed E-state index contributed by atoms with van der Waals surface area (Å²) >= 11 is 0. The molecule has 2 saturated heterocycles. The Hall–Kier alpha value is -2.74. The van der Waals surface area contributed by atoms with Crippen molar-refractivity contribution in [1.29, 1.82) is 0 Å². The molecule has 2 aromatic rings. The Balaban J connectivity index is 1.35. The molecule has 1 aromatic carbocycles. The zero-order valence-electron chi connectivity index (χ0n) is 17.5. The standard InChI is InChI=1S/C22H29N5O3/c1-17(22(30)26-9-5-2-6-10-26)24-11-13-25(14-12-24)21(29)16-27-19-8-4-3-7-18(19)20(28)15-23-27/h3-4,7-8,15,17H,2,5-6,9-14,16H2,1H3. The Bertz CT molecular complexity index is 974. The summed E-state index contributed by atoms with van der Waals surface area (Å²) in [6.07, 6.45) is 4.66. The van der Waals surface area contributed by atoms with Crippen molar-refractivity contribution in [3.8, 4) is 0 Å². The molecule has 160 valence electrons. The van der Waals surface area contributed by atoms with E-state index < -0.39 is 0 Å². The van der Waals surface area contributed by atoms with Crippen molar-refractivity contribution in [1.82, 2.24) is 24.5 Å². The first-order valence-corrected chi connectivity index (χ1v) is 10.8. The number of amides is 2. The van der Waals surface area contributed by atoms with E-state index in [4.69, 9.17) is 0 Å². The third-order valence-corrected chi connectivity index (χ3v) is 6.29. The van der Waals surface area contributed by atoms with Crippen molar-refractivity contribution < 1.29 is 9.59 Å². The second kappa shape index (κ2) is 8.95. The van der Waals surface area contributed by atoms with E-state index in [1.54, 1.807) is 10.7 Å². The Kier molecular flexibility index (Phi) is 6.13. The molecule has 2 aliphatic heterocycles. The van der Waals surface area contributed by atoms with E-state index in [9.17, 15) is 14.4 Å². The number of piperidine rings is 1. The van der Waals surface area contributed by atoms with Crippen LogP contribution in [0.25, 0.3) is 10.9 Å². The van der Waals surface area contributed by atoms with E-state index >= 15 is 0 Å². The Morgan fingerprint density at radius 2 is 1.67 bits per heavy atom. The maximum absolute atomic E-state index is 12.8. The number of rotatable bonds is 4. The molecule has 2 amide bonds. The van der Waals surface area contributed by atoms with Gasteiger partial charge in [-0.15, -0.1) is 0 Å². The van der Waals surface area contributed by atoms with Gasteiger partial charge in [-0.1, -0.05) is 12.1 Å². The van der Waals surface area contributed by atoms with Gasteiger partial charge in [0.2, 0.25) is 17.2 Å². The molecule has 0 bridgehead atoms. The SMILES string of the molecule is CC(C(=O)N1CCCCC1)N1CCN(C(=O)Cn2ncc(=O)c3ccccc32)CC1. The number of carbonyl (C=O) groups is 2. The van der Waals surface area contributed by atoms with Crippen LogP contribution in [0.4, 0.5) is 0 Å². The topological polar surface area (TPSA) is 78.8 Å². The van der Waals surface area contributed by atoms with Crippen molar-refractivity contribution in [2.75, 3.05) is 39.3 Å². The van der Waals surface area contributed by atoms with E-state index in [1.165, 1.54) is 12.6 Å². The van der Waals surface area contributed by atoms with Gasteiger partial charge in [-0.25, -0.2) is 0 Å². The van der Waals surface area contributed by atoms with Gasteiger partial charge in [0, 0.05) is 44.7 Å². The molecule has 8 nitrogen and oxygen atoms in total. The van der Waals surface area contributed by atoms with Crippen LogP contribution in [0.15, 0.2) is 35.3 Å². The van der Waals surface area contributed by atoms with E-state index in [0.717, 1.165) is 25.9 Å². The lowest BCUT2D eigenvalue weighted by molar-refractivity contribution is -0.139. The van der Waals surface area contributed by atoms with Crippen LogP contribution in [0.5, 0.6) is 0 Å². The zero-order valence-corrected chi connectivity index (χ0v) is 17.5. The minimum absolute atomic E-state index is 0.0223. The first-order valence-electron chi connectivity index (χ1n) is 10.8. The lowest BCUT2D eigenvalue weighted by Gasteiger charge is -2.39. The number of aromatic nitrogens is 2. The van der Waals surface area contributed by atoms with Gasteiger partial charge in [0.15, 0.2) is 0 Å². The lowest BCUT2D eigenvalue weighted by Crippen LogP contribution is -2.56. The lowest BCUT2D eigenvalue weighted by atomic mass is 10.1. The molecule has 1 atom stereocenters. The fourth-order valence-corrected chi connectivity index (χ4v) is 4.41. The number of benzene rings is 1. The molecule has 4 rings (SSSR count). The van der Waals surface area contributed by atoms with Crippen molar-refractivity contribution in [2.45, 2.75) is 38.8 Å². The van der Waals surface area contributed by atoms with Crippen LogP contribution in [0.3, 0.4) is 0 Å². The van der Waals surface area contributed by atoms with Gasteiger partial charge in [-0.3, -0.25) is 24.0 Å². The molecule has 30 heavy (non-hydrogen) atoms. The van der Waals surface area contributed by atoms with Crippen LogP contribution in [0.2, 0.25) is 0 Å². The van der Waals surface area contributed by atoms with Crippen LogP contribution >= 0.6 is 0 Å². The predicted octanol–water partition coefficient (Wildman–Crippen LogP) is 0.942. The molecule has 0 aliphatic carbocycles. The fraction of sp³-hybridized carbons (Fsp3) is 0.545. The van der Waals surface area contributed by atoms with Crippen LogP contribution in [0, 0.1) is 0 Å². The van der Waals surface area contributed by atoms with Crippen LogP contribution in [-0.2, 0) is 16.1 Å². The molecule has 0 spiro atoms. The number of para-hydroxylation sites is 1. The highest BCUT2D eigenvalue weighted by Gasteiger charge is 2.30. The van der Waals surface area contributed by atoms with Crippen LogP contribution in [0.1, 0.15) is 26.2 Å². The summed E-state index contributed by atoms with van der Waals surface area (Å²) in [5.74, 6) is 0.185. The minimum Gasteiger partial charge on any atom is -0.341 e. The Morgan fingerprint density at radius 1 is 0.967 bits per heavy atom. The number of hydrogen-bond acceptors (Lipinski definition) is 5. The summed E-state index contributed by atoms with van der Waals surface area (Å²) in [6.45, 7) is 6.36. The highest BCUT2D eigenvalue weighted by molar-refractivity contribution is 5.82. The van der Waals surface area contributed by atoms with E-state index in [0.29, 0.717) is 37.1 Å². The summed E-state index contributed by atoms with van der Waals surface area (Å²) < 4.78 is 1.59. The zero-order chi connectivity index (χ0) is 21.1. The maximum Gasteiger partial charge on any atom is 0.244 e. The Morgan fingerprint density at radius 3 is 2.40 bits per heavy atom. The summed E-state index contributed by atoms with van der Waals surface area (Å²) in [7, 11) is 0. The normalized spacial score (nSPS) is 19.1. The van der Waals surface area contributed by atoms with Gasteiger partial charge in [-0.05, 0) is 38.3 Å². The molecule has 2 fully saturated rings. The van der Waals surface area contributed by atoms with Gasteiger partial charge in [0.05, 0.1) is 17.8 Å². The fourth-order valence-electron chi connectivity index (χ4n) is 4.41.